The number of carboxylic acids is 1. The first-order valence-corrected chi connectivity index (χ1v) is 9.91. The number of fused-ring (bicyclic) bond motifs is 1. The molecular formula is C25H17FN4O2. The number of carbonyl (C=O) groups is 1. The van der Waals surface area contributed by atoms with Crippen molar-refractivity contribution in [1.82, 2.24) is 19.6 Å². The van der Waals surface area contributed by atoms with E-state index in [0.29, 0.717) is 17.0 Å². The summed E-state index contributed by atoms with van der Waals surface area (Å²) in [6, 6.07) is 15.3. The van der Waals surface area contributed by atoms with Crippen molar-refractivity contribution in [2.24, 2.45) is 0 Å². The Hall–Kier alpha value is -4.39. The van der Waals surface area contributed by atoms with Crippen LogP contribution in [0.1, 0.15) is 15.9 Å². The molecule has 0 atom stereocenters. The maximum absolute atomic E-state index is 13.5. The normalized spacial score (nSPS) is 11.1. The van der Waals surface area contributed by atoms with Gasteiger partial charge in [-0.25, -0.2) is 13.7 Å². The van der Waals surface area contributed by atoms with Gasteiger partial charge in [0.25, 0.3) is 0 Å². The molecule has 0 aliphatic carbocycles. The van der Waals surface area contributed by atoms with Crippen LogP contribution in [-0.2, 0) is 0 Å². The molecule has 32 heavy (non-hydrogen) atoms. The minimum Gasteiger partial charge on any atom is -0.478 e. The zero-order valence-electron chi connectivity index (χ0n) is 17.0. The van der Waals surface area contributed by atoms with Crippen LogP contribution >= 0.6 is 0 Å². The summed E-state index contributed by atoms with van der Waals surface area (Å²) in [5.74, 6) is -1.31. The van der Waals surface area contributed by atoms with Crippen molar-refractivity contribution in [3.63, 3.8) is 0 Å². The summed E-state index contributed by atoms with van der Waals surface area (Å²) in [7, 11) is 0. The van der Waals surface area contributed by atoms with E-state index in [1.54, 1.807) is 36.0 Å². The van der Waals surface area contributed by atoms with E-state index in [2.05, 4.69) is 9.97 Å². The number of rotatable bonds is 4. The van der Waals surface area contributed by atoms with Gasteiger partial charge >= 0.3 is 5.97 Å². The Morgan fingerprint density at radius 3 is 2.38 bits per heavy atom. The van der Waals surface area contributed by atoms with Gasteiger partial charge in [0.15, 0.2) is 0 Å². The molecule has 6 nitrogen and oxygen atoms in total. The second-order valence-corrected chi connectivity index (χ2v) is 7.35. The highest BCUT2D eigenvalue weighted by Gasteiger charge is 2.19. The third kappa shape index (κ3) is 3.30. The summed E-state index contributed by atoms with van der Waals surface area (Å²) in [5.41, 5.74) is 6.26. The molecule has 4 aromatic heterocycles. The fraction of sp³-hybridized carbons (Fsp3) is 0.0400. The lowest BCUT2D eigenvalue weighted by Gasteiger charge is -2.09. The maximum Gasteiger partial charge on any atom is 0.336 e. The zero-order chi connectivity index (χ0) is 22.2. The fourth-order valence-electron chi connectivity index (χ4n) is 3.86. The Labute approximate surface area is 182 Å². The van der Waals surface area contributed by atoms with E-state index >= 15 is 0 Å². The van der Waals surface area contributed by atoms with Crippen molar-refractivity contribution < 1.29 is 14.3 Å². The zero-order valence-corrected chi connectivity index (χ0v) is 17.0. The highest BCUT2D eigenvalue weighted by molar-refractivity contribution is 5.94. The van der Waals surface area contributed by atoms with Gasteiger partial charge in [0, 0.05) is 41.5 Å². The smallest absolute Gasteiger partial charge is 0.336 e. The van der Waals surface area contributed by atoms with Crippen LogP contribution in [0.2, 0.25) is 0 Å². The standard InChI is InChI=1S/C25H17FN4O2/c1-15-20(25(31)32)8-12-28-23(15)18-9-13-30-21(14-18)22(16-6-10-27-11-7-16)24(29-30)17-2-4-19(26)5-3-17/h2-14H,1H3,(H,31,32). The highest BCUT2D eigenvalue weighted by atomic mass is 19.1. The molecule has 0 amide bonds. The van der Waals surface area contributed by atoms with E-state index in [0.717, 1.165) is 27.8 Å². The van der Waals surface area contributed by atoms with Crippen LogP contribution in [0.25, 0.3) is 39.2 Å². The van der Waals surface area contributed by atoms with E-state index in [9.17, 15) is 14.3 Å². The van der Waals surface area contributed by atoms with Gasteiger partial charge in [-0.1, -0.05) is 0 Å². The van der Waals surface area contributed by atoms with Crippen LogP contribution in [0.15, 0.2) is 79.4 Å². The first-order chi connectivity index (χ1) is 15.5. The molecule has 4 heterocycles. The van der Waals surface area contributed by atoms with Crippen LogP contribution in [-0.4, -0.2) is 30.7 Å². The molecule has 156 valence electrons. The molecule has 0 saturated heterocycles. The lowest BCUT2D eigenvalue weighted by molar-refractivity contribution is 0.0696. The Morgan fingerprint density at radius 1 is 0.906 bits per heavy atom. The number of aromatic nitrogens is 4. The fourth-order valence-corrected chi connectivity index (χ4v) is 3.86. The molecule has 5 rings (SSSR count). The molecule has 0 fully saturated rings. The molecule has 1 aromatic carbocycles. The summed E-state index contributed by atoms with van der Waals surface area (Å²) < 4.78 is 15.3. The van der Waals surface area contributed by atoms with Gasteiger partial charge in [0.2, 0.25) is 0 Å². The first kappa shape index (κ1) is 19.6. The Bertz CT molecular complexity index is 1460. The quantitative estimate of drug-likeness (QED) is 0.425. The van der Waals surface area contributed by atoms with Crippen LogP contribution in [0.5, 0.6) is 0 Å². The molecule has 0 spiro atoms. The van der Waals surface area contributed by atoms with Crippen LogP contribution in [0, 0.1) is 12.7 Å². The van der Waals surface area contributed by atoms with E-state index in [-0.39, 0.29) is 11.4 Å². The van der Waals surface area contributed by atoms with Gasteiger partial charge in [0.05, 0.1) is 16.8 Å². The van der Waals surface area contributed by atoms with Crippen molar-refractivity contribution in [3.8, 4) is 33.6 Å². The minimum atomic E-state index is -0.993. The van der Waals surface area contributed by atoms with Gasteiger partial charge in [0.1, 0.15) is 11.5 Å². The molecule has 0 bridgehead atoms. The summed E-state index contributed by atoms with van der Waals surface area (Å²) in [6.07, 6.45) is 6.73. The van der Waals surface area contributed by atoms with Crippen molar-refractivity contribution in [2.45, 2.75) is 6.92 Å². The molecule has 0 radical (unpaired) electrons. The monoisotopic (exact) mass is 424 g/mol. The summed E-state index contributed by atoms with van der Waals surface area (Å²) in [6.45, 7) is 1.75. The number of nitrogens with zero attached hydrogens (tertiary/aromatic N) is 4. The number of carboxylic acid groups (broad SMARTS) is 1. The second-order valence-electron chi connectivity index (χ2n) is 7.35. The number of halogens is 1. The van der Waals surface area contributed by atoms with E-state index in [1.807, 2.05) is 30.5 Å². The topological polar surface area (TPSA) is 80.4 Å². The molecule has 1 N–H and O–H groups in total. The Morgan fingerprint density at radius 2 is 1.66 bits per heavy atom. The van der Waals surface area contributed by atoms with Gasteiger partial charge in [-0.05, 0) is 72.6 Å². The van der Waals surface area contributed by atoms with Crippen LogP contribution in [0.3, 0.4) is 0 Å². The van der Waals surface area contributed by atoms with Crippen LogP contribution in [0.4, 0.5) is 4.39 Å². The summed E-state index contributed by atoms with van der Waals surface area (Å²) >= 11 is 0. The Kier molecular flexibility index (Phi) is 4.71. The third-order valence-electron chi connectivity index (χ3n) is 5.43. The lowest BCUT2D eigenvalue weighted by Crippen LogP contribution is -2.02. The second kappa shape index (κ2) is 7.70. The average Bonchev–Trinajstić information content (AvgIpc) is 3.19. The summed E-state index contributed by atoms with van der Waals surface area (Å²) in [5, 5.41) is 14.2. The number of hydrogen-bond acceptors (Lipinski definition) is 4. The Balaban J connectivity index is 1.77. The predicted molar refractivity (Wildman–Crippen MR) is 119 cm³/mol. The number of aromatic carboxylic acids is 1. The largest absolute Gasteiger partial charge is 0.478 e. The van der Waals surface area contributed by atoms with E-state index < -0.39 is 5.97 Å². The van der Waals surface area contributed by atoms with Crippen LogP contribution < -0.4 is 0 Å². The predicted octanol–water partition coefficient (Wildman–Crippen LogP) is 5.27. The summed E-state index contributed by atoms with van der Waals surface area (Å²) in [4.78, 5) is 20.1. The number of hydrogen-bond donors (Lipinski definition) is 1. The minimum absolute atomic E-state index is 0.213. The highest BCUT2D eigenvalue weighted by Crippen LogP contribution is 2.36. The molecule has 0 aliphatic rings. The van der Waals surface area contributed by atoms with E-state index in [4.69, 9.17) is 5.10 Å². The van der Waals surface area contributed by atoms with Gasteiger partial charge in [-0.2, -0.15) is 5.10 Å². The van der Waals surface area contributed by atoms with Gasteiger partial charge in [-0.15, -0.1) is 0 Å². The van der Waals surface area contributed by atoms with Crippen molar-refractivity contribution in [3.05, 3.63) is 96.3 Å². The molecule has 0 saturated carbocycles. The molecule has 0 aliphatic heterocycles. The molecular weight excluding hydrogens is 407 g/mol. The number of pyridine rings is 3. The van der Waals surface area contributed by atoms with E-state index in [1.165, 1.54) is 24.4 Å². The molecule has 7 heteroatoms. The maximum atomic E-state index is 13.5. The third-order valence-corrected chi connectivity index (χ3v) is 5.43. The van der Waals surface area contributed by atoms with Gasteiger partial charge in [-0.3, -0.25) is 9.97 Å². The van der Waals surface area contributed by atoms with Crippen molar-refractivity contribution in [2.75, 3.05) is 0 Å². The average molecular weight is 424 g/mol. The number of benzene rings is 1. The molecule has 0 unspecified atom stereocenters. The van der Waals surface area contributed by atoms with Gasteiger partial charge < -0.3 is 5.11 Å². The molecule has 5 aromatic rings. The first-order valence-electron chi connectivity index (χ1n) is 9.91. The van der Waals surface area contributed by atoms with Crippen molar-refractivity contribution >= 4 is 11.5 Å². The lowest BCUT2D eigenvalue weighted by atomic mass is 9.98. The SMILES string of the molecule is Cc1c(C(=O)O)ccnc1-c1ccn2nc(-c3ccc(F)cc3)c(-c3ccncc3)c2c1. The van der Waals surface area contributed by atoms with Crippen molar-refractivity contribution in [1.29, 1.82) is 0 Å².